The van der Waals surface area contributed by atoms with Gasteiger partial charge in [0.25, 0.3) is 0 Å². The second-order valence-corrected chi connectivity index (χ2v) is 5.83. The zero-order valence-electron chi connectivity index (χ0n) is 11.1. The highest BCUT2D eigenvalue weighted by Gasteiger charge is 2.34. The number of nitriles is 1. The van der Waals surface area contributed by atoms with Crippen molar-refractivity contribution in [1.82, 2.24) is 0 Å². The van der Waals surface area contributed by atoms with Crippen LogP contribution in [0, 0.1) is 11.3 Å². The molecule has 1 atom stereocenters. The monoisotopic (exact) mass is 341 g/mol. The van der Waals surface area contributed by atoms with Crippen molar-refractivity contribution in [2.24, 2.45) is 5.73 Å². The van der Waals surface area contributed by atoms with Gasteiger partial charge in [0, 0.05) is 15.7 Å². The maximum absolute atomic E-state index is 12.3. The Kier molecular flexibility index (Phi) is 3.50. The van der Waals surface area contributed by atoms with Crippen LogP contribution >= 0.6 is 15.9 Å². The molecule has 1 aliphatic heterocycles. The van der Waals surface area contributed by atoms with Crippen molar-refractivity contribution >= 4 is 27.5 Å². The minimum absolute atomic E-state index is 0.104. The lowest BCUT2D eigenvalue weighted by Crippen LogP contribution is -2.31. The SMILES string of the molecule is N#Cc1ccc(CN2C(=O)C(N)c3cc(Br)ccc32)cc1. The van der Waals surface area contributed by atoms with Gasteiger partial charge in [-0.1, -0.05) is 28.1 Å². The molecule has 0 saturated heterocycles. The molecular weight excluding hydrogens is 330 g/mol. The molecular formula is C16H12BrN3O. The third kappa shape index (κ3) is 2.44. The van der Waals surface area contributed by atoms with Crippen molar-refractivity contribution in [3.63, 3.8) is 0 Å². The van der Waals surface area contributed by atoms with E-state index in [4.69, 9.17) is 11.0 Å². The van der Waals surface area contributed by atoms with Crippen LogP contribution in [0.25, 0.3) is 0 Å². The lowest BCUT2D eigenvalue weighted by molar-refractivity contribution is -0.119. The molecule has 3 rings (SSSR count). The fourth-order valence-electron chi connectivity index (χ4n) is 2.47. The Hall–Kier alpha value is -2.16. The van der Waals surface area contributed by atoms with E-state index in [9.17, 15) is 4.79 Å². The summed E-state index contributed by atoms with van der Waals surface area (Å²) >= 11 is 3.40. The molecule has 0 bridgehead atoms. The number of nitrogens with zero attached hydrogens (tertiary/aromatic N) is 2. The molecule has 4 nitrogen and oxygen atoms in total. The van der Waals surface area contributed by atoms with Crippen molar-refractivity contribution in [3.05, 3.63) is 63.6 Å². The molecule has 0 aliphatic carbocycles. The number of benzene rings is 2. The Balaban J connectivity index is 1.92. The van der Waals surface area contributed by atoms with E-state index >= 15 is 0 Å². The van der Waals surface area contributed by atoms with E-state index in [1.807, 2.05) is 30.3 Å². The van der Waals surface area contributed by atoms with E-state index in [-0.39, 0.29) is 5.91 Å². The third-order valence-corrected chi connectivity index (χ3v) is 4.06. The number of fused-ring (bicyclic) bond motifs is 1. The quantitative estimate of drug-likeness (QED) is 0.912. The number of halogens is 1. The maximum Gasteiger partial charge on any atom is 0.248 e. The summed E-state index contributed by atoms with van der Waals surface area (Å²) in [7, 11) is 0. The second kappa shape index (κ2) is 5.32. The third-order valence-electron chi connectivity index (χ3n) is 3.57. The Bertz CT molecular complexity index is 749. The summed E-state index contributed by atoms with van der Waals surface area (Å²) in [6.07, 6.45) is 0. The summed E-state index contributed by atoms with van der Waals surface area (Å²) in [6, 6.07) is 14.4. The molecule has 0 saturated carbocycles. The summed E-state index contributed by atoms with van der Waals surface area (Å²) in [4.78, 5) is 14.0. The normalized spacial score (nSPS) is 16.7. The largest absolute Gasteiger partial charge is 0.316 e. The molecule has 2 N–H and O–H groups in total. The Morgan fingerprint density at radius 3 is 2.62 bits per heavy atom. The van der Waals surface area contributed by atoms with Gasteiger partial charge in [0.05, 0.1) is 18.2 Å². The number of hydrogen-bond donors (Lipinski definition) is 1. The minimum Gasteiger partial charge on any atom is -0.316 e. The number of carbonyl (C=O) groups is 1. The van der Waals surface area contributed by atoms with Crippen LogP contribution in [0.2, 0.25) is 0 Å². The second-order valence-electron chi connectivity index (χ2n) is 4.91. The Morgan fingerprint density at radius 1 is 1.24 bits per heavy atom. The molecule has 104 valence electrons. The summed E-state index contributed by atoms with van der Waals surface area (Å²) in [5.41, 5.74) is 9.24. The summed E-state index contributed by atoms with van der Waals surface area (Å²) in [5, 5.41) is 8.81. The van der Waals surface area contributed by atoms with Gasteiger partial charge in [-0.15, -0.1) is 0 Å². The first kappa shape index (κ1) is 13.8. The predicted molar refractivity (Wildman–Crippen MR) is 83.4 cm³/mol. The van der Waals surface area contributed by atoms with Gasteiger partial charge in [0.15, 0.2) is 0 Å². The number of hydrogen-bond acceptors (Lipinski definition) is 3. The highest BCUT2D eigenvalue weighted by atomic mass is 79.9. The predicted octanol–water partition coefficient (Wildman–Crippen LogP) is 2.87. The molecule has 1 aliphatic rings. The van der Waals surface area contributed by atoms with Crippen molar-refractivity contribution in [2.45, 2.75) is 12.6 Å². The lowest BCUT2D eigenvalue weighted by atomic mass is 10.1. The highest BCUT2D eigenvalue weighted by Crippen LogP contribution is 2.37. The number of amides is 1. The average molecular weight is 342 g/mol. The van der Waals surface area contributed by atoms with E-state index in [1.165, 1.54) is 0 Å². The standard InChI is InChI=1S/C16H12BrN3O/c17-12-5-6-14-13(7-12)15(19)16(21)20(14)9-11-3-1-10(8-18)2-4-11/h1-7,15H,9,19H2. The van der Waals surface area contributed by atoms with E-state index in [1.54, 1.807) is 17.0 Å². The average Bonchev–Trinajstić information content (AvgIpc) is 2.73. The molecule has 0 fully saturated rings. The van der Waals surface area contributed by atoms with Crippen LogP contribution in [-0.4, -0.2) is 5.91 Å². The van der Waals surface area contributed by atoms with Crippen molar-refractivity contribution in [3.8, 4) is 6.07 Å². The molecule has 0 spiro atoms. The molecule has 1 unspecified atom stereocenters. The van der Waals surface area contributed by atoms with Crippen LogP contribution in [0.5, 0.6) is 0 Å². The number of nitrogens with two attached hydrogens (primary N) is 1. The Labute approximate surface area is 130 Å². The first-order chi connectivity index (χ1) is 10.1. The fraction of sp³-hybridized carbons (Fsp3) is 0.125. The van der Waals surface area contributed by atoms with Gasteiger partial charge in [-0.2, -0.15) is 5.26 Å². The van der Waals surface area contributed by atoms with E-state index in [2.05, 4.69) is 22.0 Å². The molecule has 0 aromatic heterocycles. The van der Waals surface area contributed by atoms with Crippen LogP contribution in [-0.2, 0) is 11.3 Å². The van der Waals surface area contributed by atoms with Crippen LogP contribution in [0.1, 0.15) is 22.7 Å². The smallest absolute Gasteiger partial charge is 0.248 e. The first-order valence-corrected chi connectivity index (χ1v) is 7.25. The van der Waals surface area contributed by atoms with Crippen LogP contribution in [0.4, 0.5) is 5.69 Å². The Morgan fingerprint density at radius 2 is 1.95 bits per heavy atom. The fourth-order valence-corrected chi connectivity index (χ4v) is 2.85. The van der Waals surface area contributed by atoms with Gasteiger partial charge in [0.1, 0.15) is 6.04 Å². The molecule has 2 aromatic rings. The highest BCUT2D eigenvalue weighted by molar-refractivity contribution is 9.10. The van der Waals surface area contributed by atoms with E-state index in [0.29, 0.717) is 12.1 Å². The van der Waals surface area contributed by atoms with Crippen molar-refractivity contribution < 1.29 is 4.79 Å². The zero-order chi connectivity index (χ0) is 15.0. The number of carbonyl (C=O) groups excluding carboxylic acids is 1. The molecule has 1 amide bonds. The van der Waals surface area contributed by atoms with Gasteiger partial charge in [-0.25, -0.2) is 0 Å². The van der Waals surface area contributed by atoms with Crippen LogP contribution in [0.15, 0.2) is 46.9 Å². The van der Waals surface area contributed by atoms with Crippen LogP contribution in [0.3, 0.4) is 0 Å². The van der Waals surface area contributed by atoms with Crippen molar-refractivity contribution in [2.75, 3.05) is 4.90 Å². The molecule has 1 heterocycles. The number of anilines is 1. The molecule has 5 heteroatoms. The van der Waals surface area contributed by atoms with Gasteiger partial charge in [0.2, 0.25) is 5.91 Å². The van der Waals surface area contributed by atoms with E-state index in [0.717, 1.165) is 21.3 Å². The summed E-state index contributed by atoms with van der Waals surface area (Å²) < 4.78 is 0.907. The summed E-state index contributed by atoms with van der Waals surface area (Å²) in [6.45, 7) is 0.451. The van der Waals surface area contributed by atoms with E-state index < -0.39 is 6.04 Å². The summed E-state index contributed by atoms with van der Waals surface area (Å²) in [5.74, 6) is -0.104. The van der Waals surface area contributed by atoms with Gasteiger partial charge >= 0.3 is 0 Å². The maximum atomic E-state index is 12.3. The zero-order valence-corrected chi connectivity index (χ0v) is 12.7. The first-order valence-electron chi connectivity index (χ1n) is 6.45. The minimum atomic E-state index is -0.615. The van der Waals surface area contributed by atoms with Crippen LogP contribution < -0.4 is 10.6 Å². The lowest BCUT2D eigenvalue weighted by Gasteiger charge is -2.17. The van der Waals surface area contributed by atoms with Gasteiger partial charge < -0.3 is 10.6 Å². The molecule has 21 heavy (non-hydrogen) atoms. The van der Waals surface area contributed by atoms with Crippen molar-refractivity contribution in [1.29, 1.82) is 5.26 Å². The molecule has 0 radical (unpaired) electrons. The molecule has 2 aromatic carbocycles. The number of rotatable bonds is 2. The topological polar surface area (TPSA) is 70.1 Å². The van der Waals surface area contributed by atoms with Gasteiger partial charge in [-0.3, -0.25) is 4.79 Å². The van der Waals surface area contributed by atoms with Gasteiger partial charge in [-0.05, 0) is 35.9 Å².